The summed E-state index contributed by atoms with van der Waals surface area (Å²) in [5.41, 5.74) is 5.52. The fourth-order valence-electron chi connectivity index (χ4n) is 3.40. The summed E-state index contributed by atoms with van der Waals surface area (Å²) in [6, 6.07) is 9.26. The Morgan fingerprint density at radius 2 is 1.70 bits per heavy atom. The van der Waals surface area contributed by atoms with E-state index in [1.807, 2.05) is 12.1 Å². The van der Waals surface area contributed by atoms with Gasteiger partial charge in [-0.25, -0.2) is 13.2 Å². The van der Waals surface area contributed by atoms with Gasteiger partial charge in [-0.2, -0.15) is 4.98 Å². The highest BCUT2D eigenvalue weighted by Crippen LogP contribution is 2.23. The van der Waals surface area contributed by atoms with Gasteiger partial charge in [0.25, 0.3) is 11.1 Å². The van der Waals surface area contributed by atoms with Crippen LogP contribution in [-0.2, 0) is 6.54 Å². The topological polar surface area (TPSA) is 105 Å². The molecule has 0 radical (unpaired) electrons. The number of nitrogens with one attached hydrogen (secondary N) is 2. The highest BCUT2D eigenvalue weighted by Gasteiger charge is 2.15. The molecule has 0 aliphatic carbocycles. The average Bonchev–Trinajstić information content (AvgIpc) is 2.79. The summed E-state index contributed by atoms with van der Waals surface area (Å²) < 4.78 is 42.0. The van der Waals surface area contributed by atoms with E-state index in [9.17, 15) is 22.8 Å². The number of H-pyrrole nitrogens is 1. The number of hydrogen-bond acceptors (Lipinski definition) is 5. The van der Waals surface area contributed by atoms with Crippen LogP contribution in [0, 0.1) is 17.5 Å². The van der Waals surface area contributed by atoms with Crippen LogP contribution < -0.4 is 22.2 Å². The van der Waals surface area contributed by atoms with Crippen molar-refractivity contribution >= 4 is 5.78 Å². The van der Waals surface area contributed by atoms with E-state index >= 15 is 0 Å². The standard InChI is InChI=1S/C23H20F3N5O2/c24-17-9-19(26)18(25)8-15(17)20-10-21(32)31-12-16(22(33)30-23(31)29-20)14-4-2-13(3-5-14)11-28-7-1-6-27/h2-5,8-10,12,28H,1,6-7,11,27H2,(H,29,30,33). The minimum absolute atomic E-state index is 0.137. The molecule has 0 unspecified atom stereocenters. The zero-order valence-corrected chi connectivity index (χ0v) is 17.4. The molecular weight excluding hydrogens is 435 g/mol. The zero-order valence-electron chi connectivity index (χ0n) is 17.4. The molecule has 170 valence electrons. The quantitative estimate of drug-likeness (QED) is 0.294. The van der Waals surface area contributed by atoms with E-state index in [4.69, 9.17) is 5.73 Å². The maximum absolute atomic E-state index is 14.1. The minimum atomic E-state index is -1.35. The number of benzene rings is 2. The van der Waals surface area contributed by atoms with Crippen molar-refractivity contribution in [3.63, 3.8) is 0 Å². The van der Waals surface area contributed by atoms with Crippen LogP contribution in [0.4, 0.5) is 13.2 Å². The number of halogens is 3. The molecule has 7 nitrogen and oxygen atoms in total. The first kappa shape index (κ1) is 22.4. The molecule has 2 aromatic heterocycles. The van der Waals surface area contributed by atoms with E-state index in [0.29, 0.717) is 30.8 Å². The van der Waals surface area contributed by atoms with E-state index in [1.54, 1.807) is 12.1 Å². The molecule has 4 aromatic rings. The van der Waals surface area contributed by atoms with Gasteiger partial charge in [0, 0.05) is 30.4 Å². The molecule has 4 rings (SSSR count). The van der Waals surface area contributed by atoms with Crippen molar-refractivity contribution in [1.82, 2.24) is 19.7 Å². The van der Waals surface area contributed by atoms with Crippen molar-refractivity contribution in [1.29, 1.82) is 0 Å². The maximum Gasteiger partial charge on any atom is 0.282 e. The largest absolute Gasteiger partial charge is 0.330 e. The summed E-state index contributed by atoms with van der Waals surface area (Å²) in [6.45, 7) is 2.06. The van der Waals surface area contributed by atoms with Gasteiger partial charge in [-0.15, -0.1) is 0 Å². The number of fused-ring (bicyclic) bond motifs is 1. The lowest BCUT2D eigenvalue weighted by atomic mass is 10.1. The van der Waals surface area contributed by atoms with Gasteiger partial charge in [-0.05, 0) is 36.7 Å². The average molecular weight is 455 g/mol. The van der Waals surface area contributed by atoms with Crippen LogP contribution in [0.2, 0.25) is 0 Å². The van der Waals surface area contributed by atoms with Gasteiger partial charge in [-0.3, -0.25) is 14.0 Å². The summed E-state index contributed by atoms with van der Waals surface area (Å²) in [5.74, 6) is -3.84. The number of nitrogens with zero attached hydrogens (tertiary/aromatic N) is 2. The van der Waals surface area contributed by atoms with Crippen LogP contribution in [0.3, 0.4) is 0 Å². The van der Waals surface area contributed by atoms with Gasteiger partial charge in [-0.1, -0.05) is 24.3 Å². The molecule has 0 fully saturated rings. The van der Waals surface area contributed by atoms with Gasteiger partial charge in [0.15, 0.2) is 11.6 Å². The molecule has 2 heterocycles. The Hall–Kier alpha value is -3.76. The third kappa shape index (κ3) is 4.71. The fourth-order valence-corrected chi connectivity index (χ4v) is 3.40. The smallest absolute Gasteiger partial charge is 0.282 e. The summed E-state index contributed by atoms with van der Waals surface area (Å²) >= 11 is 0. The van der Waals surface area contributed by atoms with Crippen molar-refractivity contribution < 1.29 is 13.2 Å². The second-order valence-corrected chi connectivity index (χ2v) is 7.44. The SMILES string of the molecule is NCCCNCc1ccc(-c2cn3c(=O)cc(-c4cc(F)c(F)cc4F)[nH]c3nc2=O)cc1. The number of aromatic nitrogens is 3. The first-order chi connectivity index (χ1) is 15.9. The summed E-state index contributed by atoms with van der Waals surface area (Å²) in [5, 5.41) is 3.26. The van der Waals surface area contributed by atoms with Gasteiger partial charge >= 0.3 is 0 Å². The van der Waals surface area contributed by atoms with Gasteiger partial charge in [0.2, 0.25) is 5.78 Å². The predicted molar refractivity (Wildman–Crippen MR) is 118 cm³/mol. The van der Waals surface area contributed by atoms with Crippen molar-refractivity contribution in [2.24, 2.45) is 5.73 Å². The Morgan fingerprint density at radius 3 is 2.42 bits per heavy atom. The second-order valence-electron chi connectivity index (χ2n) is 7.44. The van der Waals surface area contributed by atoms with Crippen molar-refractivity contribution in [3.05, 3.63) is 92.4 Å². The minimum Gasteiger partial charge on any atom is -0.330 e. The number of rotatable bonds is 7. The van der Waals surface area contributed by atoms with Gasteiger partial charge < -0.3 is 16.0 Å². The molecule has 33 heavy (non-hydrogen) atoms. The predicted octanol–water partition coefficient (Wildman–Crippen LogP) is 2.57. The second kappa shape index (κ2) is 9.39. The van der Waals surface area contributed by atoms with Crippen LogP contribution in [0.1, 0.15) is 12.0 Å². The lowest BCUT2D eigenvalue weighted by Gasteiger charge is -2.09. The molecule has 0 saturated carbocycles. The Kier molecular flexibility index (Phi) is 6.38. The molecule has 2 aromatic carbocycles. The van der Waals surface area contributed by atoms with E-state index in [1.165, 1.54) is 6.20 Å². The van der Waals surface area contributed by atoms with Gasteiger partial charge in [0.05, 0.1) is 11.3 Å². The normalized spacial score (nSPS) is 11.3. The Balaban J connectivity index is 1.69. The molecule has 4 N–H and O–H groups in total. The molecule has 0 atom stereocenters. The van der Waals surface area contributed by atoms with Crippen molar-refractivity contribution in [2.75, 3.05) is 13.1 Å². The Labute approximate surface area is 185 Å². The van der Waals surface area contributed by atoms with Crippen LogP contribution >= 0.6 is 0 Å². The number of nitrogens with two attached hydrogens (primary N) is 1. The zero-order chi connectivity index (χ0) is 23.5. The highest BCUT2D eigenvalue weighted by atomic mass is 19.2. The monoisotopic (exact) mass is 455 g/mol. The first-order valence-corrected chi connectivity index (χ1v) is 10.2. The molecule has 0 saturated heterocycles. The Morgan fingerprint density at radius 1 is 0.970 bits per heavy atom. The van der Waals surface area contributed by atoms with Crippen LogP contribution in [0.25, 0.3) is 28.2 Å². The van der Waals surface area contributed by atoms with Crippen molar-refractivity contribution in [3.8, 4) is 22.4 Å². The molecule has 0 amide bonds. The summed E-state index contributed by atoms with van der Waals surface area (Å²) in [6.07, 6.45) is 2.21. The summed E-state index contributed by atoms with van der Waals surface area (Å²) in [7, 11) is 0. The lowest BCUT2D eigenvalue weighted by Crippen LogP contribution is -2.21. The fraction of sp³-hybridized carbons (Fsp3) is 0.174. The van der Waals surface area contributed by atoms with Crippen molar-refractivity contribution in [2.45, 2.75) is 13.0 Å². The van der Waals surface area contributed by atoms with E-state index in [2.05, 4.69) is 15.3 Å². The lowest BCUT2D eigenvalue weighted by molar-refractivity contribution is 0.496. The third-order valence-electron chi connectivity index (χ3n) is 5.13. The van der Waals surface area contributed by atoms with Crippen LogP contribution in [0.5, 0.6) is 0 Å². The molecular formula is C23H20F3N5O2. The maximum atomic E-state index is 14.1. The third-order valence-corrected chi connectivity index (χ3v) is 5.13. The molecule has 0 spiro atoms. The molecule has 0 bridgehead atoms. The number of hydrogen-bond donors (Lipinski definition) is 3. The Bertz CT molecular complexity index is 1430. The summed E-state index contributed by atoms with van der Waals surface area (Å²) in [4.78, 5) is 31.8. The molecule has 0 aliphatic heterocycles. The van der Waals surface area contributed by atoms with E-state index in [-0.39, 0.29) is 22.6 Å². The van der Waals surface area contributed by atoms with E-state index < -0.39 is 28.6 Å². The number of aromatic amines is 1. The highest BCUT2D eigenvalue weighted by molar-refractivity contribution is 5.65. The van der Waals surface area contributed by atoms with E-state index in [0.717, 1.165) is 29.0 Å². The van der Waals surface area contributed by atoms with Gasteiger partial charge in [0.1, 0.15) is 5.82 Å². The molecule has 10 heteroatoms. The molecule has 0 aliphatic rings. The van der Waals surface area contributed by atoms with Crippen LogP contribution in [0.15, 0.2) is 58.3 Å². The first-order valence-electron chi connectivity index (χ1n) is 10.2. The van der Waals surface area contributed by atoms with Crippen LogP contribution in [-0.4, -0.2) is 27.5 Å².